The Hall–Kier alpha value is -8.52. The first-order valence-corrected chi connectivity index (χ1v) is 22.0. The van der Waals surface area contributed by atoms with Gasteiger partial charge in [-0.15, -0.1) is 0 Å². The SMILES string of the molecule is COC(=O)c1cc(C#Cc2ccc(OC)cc2)cc(CN2CCN(Cc3cc(C#Cc4ccc(OC)cc4)cc(C(=O)OC)n3)CN(Cc3cc(C#Cc4ccc(OC)cc4)cc(C(=O)OC)n3)C2)n1. The summed E-state index contributed by atoms with van der Waals surface area (Å²) in [6.45, 7) is 2.91. The van der Waals surface area contributed by atoms with Crippen molar-refractivity contribution in [2.75, 3.05) is 69.1 Å². The van der Waals surface area contributed by atoms with Crippen LogP contribution in [0.25, 0.3) is 0 Å². The predicted molar refractivity (Wildman–Crippen MR) is 260 cm³/mol. The van der Waals surface area contributed by atoms with Crippen molar-refractivity contribution < 1.29 is 42.8 Å². The molecule has 4 heterocycles. The summed E-state index contributed by atoms with van der Waals surface area (Å²) in [6.07, 6.45) is 0. The Kier molecular flexibility index (Phi) is 16.9. The number of hydrogen-bond acceptors (Lipinski definition) is 15. The van der Waals surface area contributed by atoms with Crippen LogP contribution in [0.15, 0.2) is 109 Å². The number of ether oxygens (including phenoxy) is 6. The molecule has 3 aromatic heterocycles. The zero-order valence-electron chi connectivity index (χ0n) is 39.7. The highest BCUT2D eigenvalue weighted by molar-refractivity contribution is 5.88. The van der Waals surface area contributed by atoms with Gasteiger partial charge >= 0.3 is 17.9 Å². The zero-order valence-corrected chi connectivity index (χ0v) is 39.7. The van der Waals surface area contributed by atoms with Crippen LogP contribution < -0.4 is 14.2 Å². The molecule has 0 spiro atoms. The van der Waals surface area contributed by atoms with Gasteiger partial charge in [-0.2, -0.15) is 0 Å². The molecule has 0 saturated carbocycles. The van der Waals surface area contributed by atoms with Gasteiger partial charge in [0.25, 0.3) is 0 Å². The summed E-state index contributed by atoms with van der Waals surface area (Å²) in [7, 11) is 8.74. The molecule has 70 heavy (non-hydrogen) atoms. The standard InChI is InChI=1S/C55H50N6O9/c1-65-47-19-13-38(14-20-47)7-10-41-27-44(56-50(30-41)53(62)68-4)33-59-25-26-60(34-45-28-42(31-51(57-45)54(63)69-5)11-8-39-15-21-48(66-2)22-16-39)37-61(36-59)35-46-29-43(32-52(58-46)55(64)70-6)12-9-40-17-23-49(67-3)24-18-40/h13-24,27-32H,25-26,33-37H2,1-6H3. The van der Waals surface area contributed by atoms with Crippen molar-refractivity contribution in [3.05, 3.63) is 177 Å². The van der Waals surface area contributed by atoms with Crippen LogP contribution in [0.4, 0.5) is 0 Å². The van der Waals surface area contributed by atoms with E-state index in [2.05, 4.69) is 50.2 Å². The van der Waals surface area contributed by atoms with Crippen molar-refractivity contribution in [3.63, 3.8) is 0 Å². The first kappa shape index (κ1) is 49.4. The molecule has 1 saturated heterocycles. The average molecular weight is 939 g/mol. The molecule has 7 rings (SSSR count). The quantitative estimate of drug-likeness (QED) is 0.0778. The number of carbonyl (C=O) groups excluding carboxylic acids is 3. The van der Waals surface area contributed by atoms with Crippen molar-refractivity contribution in [1.82, 2.24) is 29.7 Å². The molecule has 1 aliphatic rings. The number of esters is 3. The second-order valence-electron chi connectivity index (χ2n) is 15.8. The summed E-state index contributed by atoms with van der Waals surface area (Å²) in [5.74, 6) is 19.4. The highest BCUT2D eigenvalue weighted by Gasteiger charge is 2.25. The van der Waals surface area contributed by atoms with E-state index in [4.69, 9.17) is 43.4 Å². The van der Waals surface area contributed by atoms with Gasteiger partial charge in [0.15, 0.2) is 0 Å². The van der Waals surface area contributed by atoms with Crippen molar-refractivity contribution >= 4 is 17.9 Å². The molecule has 6 aromatic rings. The van der Waals surface area contributed by atoms with Gasteiger partial charge in [-0.25, -0.2) is 29.3 Å². The zero-order chi connectivity index (χ0) is 49.4. The van der Waals surface area contributed by atoms with Crippen LogP contribution in [0.1, 0.15) is 81.9 Å². The second-order valence-corrected chi connectivity index (χ2v) is 15.8. The molecule has 3 aromatic carbocycles. The summed E-state index contributed by atoms with van der Waals surface area (Å²) >= 11 is 0. The molecule has 1 fully saturated rings. The van der Waals surface area contributed by atoms with Crippen molar-refractivity contribution in [2.24, 2.45) is 0 Å². The number of aromatic nitrogens is 3. The fraction of sp³-hybridized carbons (Fsp3) is 0.236. The van der Waals surface area contributed by atoms with E-state index in [0.717, 1.165) is 16.7 Å². The van der Waals surface area contributed by atoms with Gasteiger partial charge < -0.3 is 28.4 Å². The number of methoxy groups -OCH3 is 6. The van der Waals surface area contributed by atoms with Crippen molar-refractivity contribution in [3.8, 4) is 52.8 Å². The van der Waals surface area contributed by atoms with Gasteiger partial charge in [0.2, 0.25) is 0 Å². The third kappa shape index (κ3) is 13.8. The normalized spacial score (nSPS) is 12.6. The molecular weight excluding hydrogens is 889 g/mol. The topological polar surface area (TPSA) is 155 Å². The maximum absolute atomic E-state index is 13.0. The first-order chi connectivity index (χ1) is 34.0. The lowest BCUT2D eigenvalue weighted by Crippen LogP contribution is -2.38. The molecule has 0 amide bonds. The van der Waals surface area contributed by atoms with Crippen LogP contribution in [0.3, 0.4) is 0 Å². The fourth-order valence-corrected chi connectivity index (χ4v) is 7.39. The Bertz CT molecular complexity index is 2890. The van der Waals surface area contributed by atoms with Crippen LogP contribution in [0.2, 0.25) is 0 Å². The molecule has 15 heteroatoms. The molecule has 0 bridgehead atoms. The summed E-state index contributed by atoms with van der Waals surface area (Å²) < 4.78 is 31.1. The maximum Gasteiger partial charge on any atom is 0.356 e. The van der Waals surface area contributed by atoms with Gasteiger partial charge in [-0.1, -0.05) is 35.5 Å². The minimum Gasteiger partial charge on any atom is -0.497 e. The average Bonchev–Trinajstić information content (AvgIpc) is 3.58. The molecule has 15 nitrogen and oxygen atoms in total. The molecule has 0 aliphatic carbocycles. The Morgan fingerprint density at radius 2 is 0.671 bits per heavy atom. The van der Waals surface area contributed by atoms with Crippen molar-refractivity contribution in [1.29, 1.82) is 0 Å². The van der Waals surface area contributed by atoms with Gasteiger partial charge in [-0.3, -0.25) is 14.7 Å². The maximum atomic E-state index is 13.0. The van der Waals surface area contributed by atoms with E-state index in [1.165, 1.54) is 21.3 Å². The van der Waals surface area contributed by atoms with Crippen LogP contribution in [0.5, 0.6) is 17.2 Å². The van der Waals surface area contributed by atoms with Gasteiger partial charge in [0.1, 0.15) is 34.3 Å². The second kappa shape index (κ2) is 24.0. The molecule has 0 N–H and O–H groups in total. The van der Waals surface area contributed by atoms with E-state index in [9.17, 15) is 14.4 Å². The number of carbonyl (C=O) groups is 3. The van der Waals surface area contributed by atoms with E-state index in [0.29, 0.717) is 90.5 Å². The lowest BCUT2D eigenvalue weighted by atomic mass is 10.1. The fourth-order valence-electron chi connectivity index (χ4n) is 7.39. The minimum atomic E-state index is -0.599. The highest BCUT2D eigenvalue weighted by Crippen LogP contribution is 2.20. The molecular formula is C55H50N6O9. The first-order valence-electron chi connectivity index (χ1n) is 22.0. The van der Waals surface area contributed by atoms with Crippen LogP contribution in [0, 0.1) is 35.5 Å². The predicted octanol–water partition coefficient (Wildman–Crippen LogP) is 6.19. The lowest BCUT2D eigenvalue weighted by Gasteiger charge is -2.28. The number of hydrogen-bond donors (Lipinski definition) is 0. The van der Waals surface area contributed by atoms with Gasteiger partial charge in [0, 0.05) is 66.1 Å². The molecule has 0 radical (unpaired) electrons. The Balaban J connectivity index is 1.22. The smallest absolute Gasteiger partial charge is 0.356 e. The van der Waals surface area contributed by atoms with Gasteiger partial charge in [-0.05, 0) is 109 Å². The van der Waals surface area contributed by atoms with E-state index in [-0.39, 0.29) is 23.6 Å². The number of nitrogens with zero attached hydrogens (tertiary/aromatic N) is 6. The Morgan fingerprint density at radius 1 is 0.400 bits per heavy atom. The molecule has 354 valence electrons. The summed E-state index contributed by atoms with van der Waals surface area (Å²) in [4.78, 5) is 59.6. The van der Waals surface area contributed by atoms with Crippen molar-refractivity contribution in [2.45, 2.75) is 19.6 Å². The van der Waals surface area contributed by atoms with E-state index < -0.39 is 17.9 Å². The largest absolute Gasteiger partial charge is 0.497 e. The van der Waals surface area contributed by atoms with E-state index in [1.807, 2.05) is 91.0 Å². The molecule has 0 atom stereocenters. The Morgan fingerprint density at radius 3 is 0.943 bits per heavy atom. The number of benzene rings is 3. The lowest BCUT2D eigenvalue weighted by molar-refractivity contribution is 0.0584. The van der Waals surface area contributed by atoms with Crippen LogP contribution in [-0.2, 0) is 33.8 Å². The number of pyridine rings is 3. The van der Waals surface area contributed by atoms with E-state index in [1.54, 1.807) is 39.5 Å². The van der Waals surface area contributed by atoms with Gasteiger partial charge in [0.05, 0.1) is 73.1 Å². The summed E-state index contributed by atoms with van der Waals surface area (Å²) in [6, 6.07) is 32.5. The Labute approximate surface area is 407 Å². The minimum absolute atomic E-state index is 0.113. The molecule has 0 unspecified atom stereocenters. The van der Waals surface area contributed by atoms with E-state index >= 15 is 0 Å². The third-order valence-corrected chi connectivity index (χ3v) is 10.8. The van der Waals surface area contributed by atoms with Crippen LogP contribution >= 0.6 is 0 Å². The number of rotatable bonds is 12. The highest BCUT2D eigenvalue weighted by atomic mass is 16.5. The van der Waals surface area contributed by atoms with Crippen LogP contribution in [-0.4, -0.2) is 117 Å². The third-order valence-electron chi connectivity index (χ3n) is 10.8. The summed E-state index contributed by atoms with van der Waals surface area (Å²) in [5.41, 5.74) is 6.19. The molecule has 1 aliphatic heterocycles. The monoisotopic (exact) mass is 938 g/mol. The summed E-state index contributed by atoms with van der Waals surface area (Å²) in [5, 5.41) is 0.